The molecule has 6 heteroatoms. The van der Waals surface area contributed by atoms with E-state index in [9.17, 15) is 9.59 Å². The van der Waals surface area contributed by atoms with Gasteiger partial charge in [0.05, 0.1) is 0 Å². The summed E-state index contributed by atoms with van der Waals surface area (Å²) in [6.45, 7) is 0.00739. The van der Waals surface area contributed by atoms with Crippen LogP contribution in [0.5, 0.6) is 5.75 Å². The first-order valence-corrected chi connectivity index (χ1v) is 14.4. The normalized spacial score (nSPS) is 14.4. The van der Waals surface area contributed by atoms with Crippen molar-refractivity contribution >= 4 is 34.2 Å². The minimum Gasteiger partial charge on any atom is -0.483 e. The monoisotopic (exact) mass is 554 g/mol. The van der Waals surface area contributed by atoms with Crippen molar-refractivity contribution in [3.05, 3.63) is 113 Å². The number of halogens is 1. The predicted octanol–water partition coefficient (Wildman–Crippen LogP) is 6.96. The Morgan fingerprint density at radius 2 is 1.55 bits per heavy atom. The molecule has 0 unspecified atom stereocenters. The zero-order chi connectivity index (χ0) is 27.7. The van der Waals surface area contributed by atoms with Gasteiger partial charge in [0.15, 0.2) is 6.61 Å². The second kappa shape index (κ2) is 13.5. The molecule has 40 heavy (non-hydrogen) atoms. The highest BCUT2D eigenvalue weighted by Gasteiger charge is 2.32. The van der Waals surface area contributed by atoms with Gasteiger partial charge in [0, 0.05) is 29.4 Å². The maximum atomic E-state index is 14.0. The highest BCUT2D eigenvalue weighted by molar-refractivity contribution is 6.31. The van der Waals surface area contributed by atoms with Crippen molar-refractivity contribution in [3.8, 4) is 5.75 Å². The Balaban J connectivity index is 1.44. The van der Waals surface area contributed by atoms with E-state index >= 15 is 0 Å². The van der Waals surface area contributed by atoms with Crippen molar-refractivity contribution in [1.29, 1.82) is 0 Å². The number of benzene rings is 4. The van der Waals surface area contributed by atoms with Crippen LogP contribution in [0, 0.1) is 0 Å². The second-order valence-corrected chi connectivity index (χ2v) is 10.8. The van der Waals surface area contributed by atoms with E-state index in [-0.39, 0.29) is 31.0 Å². The van der Waals surface area contributed by atoms with Gasteiger partial charge in [-0.2, -0.15) is 0 Å². The van der Waals surface area contributed by atoms with Gasteiger partial charge in [0.25, 0.3) is 5.91 Å². The van der Waals surface area contributed by atoms with E-state index in [1.54, 1.807) is 11.0 Å². The summed E-state index contributed by atoms with van der Waals surface area (Å²) in [4.78, 5) is 29.5. The molecular formula is C34H35ClN2O3. The third kappa shape index (κ3) is 7.02. The van der Waals surface area contributed by atoms with E-state index in [0.29, 0.717) is 17.2 Å². The van der Waals surface area contributed by atoms with Gasteiger partial charge in [-0.05, 0) is 41.5 Å². The Morgan fingerprint density at radius 1 is 0.850 bits per heavy atom. The lowest BCUT2D eigenvalue weighted by molar-refractivity contribution is -0.143. The van der Waals surface area contributed by atoms with Gasteiger partial charge >= 0.3 is 0 Å². The van der Waals surface area contributed by atoms with Crippen molar-refractivity contribution in [2.24, 2.45) is 0 Å². The summed E-state index contributed by atoms with van der Waals surface area (Å²) >= 11 is 6.54. The van der Waals surface area contributed by atoms with Crippen molar-refractivity contribution in [3.63, 3.8) is 0 Å². The molecule has 0 saturated heterocycles. The van der Waals surface area contributed by atoms with Crippen molar-refractivity contribution in [2.45, 2.75) is 57.2 Å². The van der Waals surface area contributed by atoms with Crippen LogP contribution in [-0.2, 0) is 22.6 Å². The van der Waals surface area contributed by atoms with Gasteiger partial charge in [0.2, 0.25) is 5.91 Å². The Bertz CT molecular complexity index is 1430. The number of fused-ring (bicyclic) bond motifs is 1. The quantitative estimate of drug-likeness (QED) is 0.230. The van der Waals surface area contributed by atoms with Crippen LogP contribution in [0.1, 0.15) is 43.2 Å². The molecule has 1 N–H and O–H groups in total. The molecule has 0 spiro atoms. The van der Waals surface area contributed by atoms with E-state index in [4.69, 9.17) is 16.3 Å². The zero-order valence-corrected chi connectivity index (χ0v) is 23.4. The Morgan fingerprint density at radius 3 is 2.35 bits per heavy atom. The molecule has 5 rings (SSSR count). The van der Waals surface area contributed by atoms with Crippen LogP contribution in [0.25, 0.3) is 10.8 Å². The third-order valence-electron chi connectivity index (χ3n) is 7.62. The summed E-state index contributed by atoms with van der Waals surface area (Å²) in [7, 11) is 0. The van der Waals surface area contributed by atoms with E-state index in [1.807, 2.05) is 91.0 Å². The van der Waals surface area contributed by atoms with Gasteiger partial charge in [-0.15, -0.1) is 0 Å². The van der Waals surface area contributed by atoms with Gasteiger partial charge in [-0.3, -0.25) is 9.59 Å². The molecule has 206 valence electrons. The number of ether oxygens (including phenoxy) is 1. The van der Waals surface area contributed by atoms with Crippen LogP contribution < -0.4 is 10.1 Å². The van der Waals surface area contributed by atoms with Gasteiger partial charge < -0.3 is 15.0 Å². The third-order valence-corrected chi connectivity index (χ3v) is 7.99. The number of nitrogens with one attached hydrogen (secondary N) is 1. The molecule has 0 radical (unpaired) electrons. The molecule has 4 aromatic rings. The van der Waals surface area contributed by atoms with Crippen molar-refractivity contribution in [1.82, 2.24) is 10.2 Å². The van der Waals surface area contributed by atoms with Crippen molar-refractivity contribution < 1.29 is 14.3 Å². The van der Waals surface area contributed by atoms with E-state index in [1.165, 1.54) is 6.42 Å². The number of amides is 2. The molecule has 5 nitrogen and oxygen atoms in total. The number of hydrogen-bond acceptors (Lipinski definition) is 3. The highest BCUT2D eigenvalue weighted by atomic mass is 35.5. The lowest BCUT2D eigenvalue weighted by Crippen LogP contribution is -2.53. The molecular weight excluding hydrogens is 520 g/mol. The van der Waals surface area contributed by atoms with Crippen LogP contribution in [0.2, 0.25) is 5.02 Å². The van der Waals surface area contributed by atoms with Gasteiger partial charge in [-0.25, -0.2) is 0 Å². The molecule has 1 atom stereocenters. The van der Waals surface area contributed by atoms with Crippen LogP contribution in [0.4, 0.5) is 0 Å². The predicted molar refractivity (Wildman–Crippen MR) is 160 cm³/mol. The Labute approximate surface area is 241 Å². The second-order valence-electron chi connectivity index (χ2n) is 10.4. The SMILES string of the molecule is O=C(NC1CCCCC1)[C@H](Cc1ccccc1)N(Cc1ccccc1Cl)C(=O)COc1cccc2ccccc12. The molecule has 1 fully saturated rings. The van der Waals surface area contributed by atoms with Crippen molar-refractivity contribution in [2.75, 3.05) is 6.61 Å². The summed E-state index contributed by atoms with van der Waals surface area (Å²) in [6.07, 6.45) is 5.73. The lowest BCUT2D eigenvalue weighted by Gasteiger charge is -2.33. The number of nitrogens with zero attached hydrogens (tertiary/aromatic N) is 1. The minimum atomic E-state index is -0.718. The summed E-state index contributed by atoms with van der Waals surface area (Å²) in [5.41, 5.74) is 1.77. The fourth-order valence-electron chi connectivity index (χ4n) is 5.45. The number of carbonyl (C=O) groups excluding carboxylic acids is 2. The first-order valence-electron chi connectivity index (χ1n) is 14.1. The molecule has 2 amide bonds. The molecule has 1 saturated carbocycles. The summed E-state index contributed by atoms with van der Waals surface area (Å²) in [5, 5.41) is 5.80. The van der Waals surface area contributed by atoms with Crippen LogP contribution in [0.3, 0.4) is 0 Å². The Hall–Kier alpha value is -3.83. The molecule has 1 aliphatic carbocycles. The summed E-state index contributed by atoms with van der Waals surface area (Å²) in [6, 6.07) is 30.4. The highest BCUT2D eigenvalue weighted by Crippen LogP contribution is 2.26. The maximum absolute atomic E-state index is 14.0. The maximum Gasteiger partial charge on any atom is 0.261 e. The molecule has 4 aromatic carbocycles. The fraction of sp³-hybridized carbons (Fsp3) is 0.294. The Kier molecular flexibility index (Phi) is 9.35. The number of hydrogen-bond donors (Lipinski definition) is 1. The molecule has 0 aromatic heterocycles. The standard InChI is InChI=1S/C34H35ClN2O3/c35-30-20-10-8-15-27(30)23-37(33(38)24-40-32-21-11-16-26-14-7-9-19-29(26)32)31(22-25-12-3-1-4-13-25)34(39)36-28-17-5-2-6-18-28/h1,3-4,7-16,19-21,28,31H,2,5-6,17-18,22-24H2,(H,36,39)/t31-/m0/s1. The largest absolute Gasteiger partial charge is 0.483 e. The van der Waals surface area contributed by atoms with Gasteiger partial charge in [-0.1, -0.05) is 116 Å². The van der Waals surface area contributed by atoms with Crippen LogP contribution in [0.15, 0.2) is 97.1 Å². The fourth-order valence-corrected chi connectivity index (χ4v) is 5.65. The minimum absolute atomic E-state index is 0.128. The lowest BCUT2D eigenvalue weighted by atomic mass is 9.94. The molecule has 0 bridgehead atoms. The summed E-state index contributed by atoms with van der Waals surface area (Å²) < 4.78 is 6.10. The van der Waals surface area contributed by atoms with Gasteiger partial charge in [0.1, 0.15) is 11.8 Å². The van der Waals surface area contributed by atoms with E-state index in [0.717, 1.165) is 47.6 Å². The van der Waals surface area contributed by atoms with Crippen LogP contribution in [-0.4, -0.2) is 35.4 Å². The smallest absolute Gasteiger partial charge is 0.261 e. The molecule has 1 aliphatic rings. The first kappa shape index (κ1) is 27.7. The number of rotatable bonds is 10. The molecule has 0 heterocycles. The topological polar surface area (TPSA) is 58.6 Å². The zero-order valence-electron chi connectivity index (χ0n) is 22.6. The molecule has 0 aliphatic heterocycles. The average Bonchev–Trinajstić information content (AvgIpc) is 2.99. The van der Waals surface area contributed by atoms with Crippen LogP contribution >= 0.6 is 11.6 Å². The van der Waals surface area contributed by atoms with E-state index in [2.05, 4.69) is 5.32 Å². The summed E-state index contributed by atoms with van der Waals surface area (Å²) in [5.74, 6) is 0.226. The first-order chi connectivity index (χ1) is 19.6. The number of carbonyl (C=O) groups is 2. The van der Waals surface area contributed by atoms with E-state index < -0.39 is 6.04 Å². The average molecular weight is 555 g/mol.